The van der Waals surface area contributed by atoms with Gasteiger partial charge in [0.15, 0.2) is 0 Å². The average Bonchev–Trinajstić information content (AvgIpc) is 2.41. The van der Waals surface area contributed by atoms with Gasteiger partial charge in [0.2, 0.25) is 0 Å². The normalized spacial score (nSPS) is 11.0. The molecule has 0 unspecified atom stereocenters. The van der Waals surface area contributed by atoms with Crippen LogP contribution in [0.2, 0.25) is 0 Å². The van der Waals surface area contributed by atoms with Crippen molar-refractivity contribution in [3.05, 3.63) is 59.9 Å². The maximum atomic E-state index is 13.0. The molecule has 110 valence electrons. The van der Waals surface area contributed by atoms with Crippen molar-refractivity contribution in [3.63, 3.8) is 0 Å². The fourth-order valence-electron chi connectivity index (χ4n) is 1.67. The Morgan fingerprint density at radius 1 is 0.905 bits per heavy atom. The molecule has 0 aliphatic rings. The van der Waals surface area contributed by atoms with Crippen LogP contribution in [0.3, 0.4) is 0 Å². The van der Waals surface area contributed by atoms with E-state index in [1.54, 1.807) is 0 Å². The predicted molar refractivity (Wildman–Crippen MR) is 75.1 cm³/mol. The molecule has 0 heterocycles. The number of urea groups is 1. The molecule has 0 radical (unpaired) electrons. The van der Waals surface area contributed by atoms with Crippen molar-refractivity contribution in [2.45, 2.75) is 12.8 Å². The fraction of sp³-hybridized carbons (Fsp3) is 0.133. The minimum absolute atomic E-state index is 0.132. The topological polar surface area (TPSA) is 41.1 Å². The van der Waals surface area contributed by atoms with Gasteiger partial charge in [0.25, 0.3) is 5.92 Å². The van der Waals surface area contributed by atoms with E-state index in [0.717, 1.165) is 6.92 Å². The number of carbonyl (C=O) groups is 1. The Balaban J connectivity index is 1.98. The molecule has 6 heteroatoms. The summed E-state index contributed by atoms with van der Waals surface area (Å²) in [7, 11) is 0. The van der Waals surface area contributed by atoms with Crippen LogP contribution in [0.4, 0.5) is 29.3 Å². The van der Waals surface area contributed by atoms with Crippen LogP contribution in [0.25, 0.3) is 0 Å². The second kappa shape index (κ2) is 5.87. The van der Waals surface area contributed by atoms with Crippen molar-refractivity contribution in [1.82, 2.24) is 0 Å². The third kappa shape index (κ3) is 4.24. The van der Waals surface area contributed by atoms with Crippen LogP contribution >= 0.6 is 0 Å². The molecule has 0 saturated heterocycles. The van der Waals surface area contributed by atoms with Crippen molar-refractivity contribution >= 4 is 17.4 Å². The summed E-state index contributed by atoms with van der Waals surface area (Å²) in [5, 5.41) is 4.99. The van der Waals surface area contributed by atoms with Gasteiger partial charge in [-0.25, -0.2) is 18.0 Å². The number of benzene rings is 2. The van der Waals surface area contributed by atoms with Crippen molar-refractivity contribution < 1.29 is 18.0 Å². The van der Waals surface area contributed by atoms with Crippen LogP contribution in [0.5, 0.6) is 0 Å². The zero-order valence-electron chi connectivity index (χ0n) is 11.2. The van der Waals surface area contributed by atoms with Gasteiger partial charge in [0.05, 0.1) is 0 Å². The molecule has 0 aromatic heterocycles. The van der Waals surface area contributed by atoms with Gasteiger partial charge in [-0.2, -0.15) is 0 Å². The lowest BCUT2D eigenvalue weighted by molar-refractivity contribution is 0.0175. The van der Waals surface area contributed by atoms with E-state index in [1.165, 1.54) is 48.5 Å². The zero-order chi connectivity index (χ0) is 15.5. The molecule has 0 aliphatic carbocycles. The first kappa shape index (κ1) is 14.9. The first-order chi connectivity index (χ1) is 9.84. The molecule has 0 atom stereocenters. The predicted octanol–water partition coefficient (Wildman–Crippen LogP) is 4.58. The molecule has 2 aromatic carbocycles. The van der Waals surface area contributed by atoms with Crippen LogP contribution in [-0.4, -0.2) is 6.03 Å². The molecule has 0 fully saturated rings. The second-order valence-electron chi connectivity index (χ2n) is 4.55. The Morgan fingerprint density at radius 2 is 1.33 bits per heavy atom. The number of alkyl halides is 2. The number of anilines is 2. The standard InChI is InChI=1S/C15H13F3N2O/c1-15(17,18)10-2-6-12(7-3-10)19-14(21)20-13-8-4-11(16)5-9-13/h2-9H,1H3,(H2,19,20,21). The van der Waals surface area contributed by atoms with E-state index in [9.17, 15) is 18.0 Å². The quantitative estimate of drug-likeness (QED) is 0.854. The fourth-order valence-corrected chi connectivity index (χ4v) is 1.67. The van der Waals surface area contributed by atoms with Crippen LogP contribution < -0.4 is 10.6 Å². The summed E-state index contributed by atoms with van der Waals surface area (Å²) in [6, 6.07) is 9.97. The van der Waals surface area contributed by atoms with E-state index in [1.807, 2.05) is 0 Å². The van der Waals surface area contributed by atoms with Gasteiger partial charge in [-0.15, -0.1) is 0 Å². The molecule has 2 rings (SSSR count). The number of rotatable bonds is 3. The summed E-state index contributed by atoms with van der Waals surface area (Å²) in [4.78, 5) is 11.7. The molecule has 2 amide bonds. The van der Waals surface area contributed by atoms with Gasteiger partial charge in [0.1, 0.15) is 5.82 Å². The van der Waals surface area contributed by atoms with Crippen molar-refractivity contribution in [2.75, 3.05) is 10.6 Å². The summed E-state index contributed by atoms with van der Waals surface area (Å²) in [5.74, 6) is -3.33. The highest BCUT2D eigenvalue weighted by Crippen LogP contribution is 2.27. The summed E-state index contributed by atoms with van der Waals surface area (Å²) in [6.07, 6.45) is 0. The molecular formula is C15H13F3N2O. The maximum absolute atomic E-state index is 13.0. The third-order valence-electron chi connectivity index (χ3n) is 2.75. The van der Waals surface area contributed by atoms with E-state index in [0.29, 0.717) is 11.4 Å². The molecule has 0 aliphatic heterocycles. The number of amides is 2. The van der Waals surface area contributed by atoms with Gasteiger partial charge in [-0.3, -0.25) is 0 Å². The summed E-state index contributed by atoms with van der Waals surface area (Å²) >= 11 is 0. The Bertz CT molecular complexity index is 619. The van der Waals surface area contributed by atoms with Crippen molar-refractivity contribution in [3.8, 4) is 0 Å². The van der Waals surface area contributed by atoms with Crippen molar-refractivity contribution in [2.24, 2.45) is 0 Å². The summed E-state index contributed by atoms with van der Waals surface area (Å²) in [5.41, 5.74) is 0.667. The highest BCUT2D eigenvalue weighted by atomic mass is 19.3. The number of carbonyl (C=O) groups excluding carboxylic acids is 1. The van der Waals surface area contributed by atoms with E-state index in [4.69, 9.17) is 0 Å². The molecule has 2 N–H and O–H groups in total. The highest BCUT2D eigenvalue weighted by Gasteiger charge is 2.23. The SMILES string of the molecule is CC(F)(F)c1ccc(NC(=O)Nc2ccc(F)cc2)cc1. The number of nitrogens with one attached hydrogen (secondary N) is 2. The van der Waals surface area contributed by atoms with E-state index in [2.05, 4.69) is 10.6 Å². The zero-order valence-corrected chi connectivity index (χ0v) is 11.2. The van der Waals surface area contributed by atoms with Crippen LogP contribution in [0.1, 0.15) is 12.5 Å². The van der Waals surface area contributed by atoms with Crippen LogP contribution in [0, 0.1) is 5.82 Å². The Morgan fingerprint density at radius 3 is 1.76 bits per heavy atom. The van der Waals surface area contributed by atoms with Gasteiger partial charge < -0.3 is 10.6 Å². The number of halogens is 3. The number of hydrogen-bond acceptors (Lipinski definition) is 1. The van der Waals surface area contributed by atoms with E-state index < -0.39 is 17.8 Å². The maximum Gasteiger partial charge on any atom is 0.323 e. The van der Waals surface area contributed by atoms with Crippen LogP contribution in [-0.2, 0) is 5.92 Å². The number of hydrogen-bond donors (Lipinski definition) is 2. The lowest BCUT2D eigenvalue weighted by Gasteiger charge is -2.12. The monoisotopic (exact) mass is 294 g/mol. The molecule has 0 saturated carbocycles. The minimum atomic E-state index is -2.92. The van der Waals surface area contributed by atoms with Gasteiger partial charge in [0, 0.05) is 23.9 Å². The molecule has 21 heavy (non-hydrogen) atoms. The Labute approximate surface area is 119 Å². The first-order valence-corrected chi connectivity index (χ1v) is 6.16. The average molecular weight is 294 g/mol. The minimum Gasteiger partial charge on any atom is -0.308 e. The van der Waals surface area contributed by atoms with E-state index >= 15 is 0 Å². The first-order valence-electron chi connectivity index (χ1n) is 6.16. The summed E-state index contributed by atoms with van der Waals surface area (Å²) < 4.78 is 38.8. The highest BCUT2D eigenvalue weighted by molar-refractivity contribution is 5.99. The van der Waals surface area contributed by atoms with E-state index in [-0.39, 0.29) is 5.56 Å². The lowest BCUT2D eigenvalue weighted by atomic mass is 10.1. The third-order valence-corrected chi connectivity index (χ3v) is 2.75. The molecule has 0 bridgehead atoms. The Hall–Kier alpha value is -2.50. The molecule has 0 spiro atoms. The second-order valence-corrected chi connectivity index (χ2v) is 4.55. The summed E-state index contributed by atoms with van der Waals surface area (Å²) in [6.45, 7) is 0.802. The molecule has 3 nitrogen and oxygen atoms in total. The van der Waals surface area contributed by atoms with Gasteiger partial charge in [-0.1, -0.05) is 12.1 Å². The largest absolute Gasteiger partial charge is 0.323 e. The molecule has 2 aromatic rings. The smallest absolute Gasteiger partial charge is 0.308 e. The van der Waals surface area contributed by atoms with Crippen molar-refractivity contribution in [1.29, 1.82) is 0 Å². The lowest BCUT2D eigenvalue weighted by Crippen LogP contribution is -2.19. The molecular weight excluding hydrogens is 281 g/mol. The van der Waals surface area contributed by atoms with Crippen LogP contribution in [0.15, 0.2) is 48.5 Å². The van der Waals surface area contributed by atoms with Gasteiger partial charge >= 0.3 is 6.03 Å². The van der Waals surface area contributed by atoms with Gasteiger partial charge in [-0.05, 0) is 36.4 Å². The Kier molecular flexibility index (Phi) is 4.16.